The minimum atomic E-state index is 0.0613. The van der Waals surface area contributed by atoms with Crippen LogP contribution in [0.25, 0.3) is 0 Å². The van der Waals surface area contributed by atoms with E-state index in [2.05, 4.69) is 6.58 Å². The van der Waals surface area contributed by atoms with Gasteiger partial charge in [-0.05, 0) is 18.9 Å². The maximum Gasteiger partial charge on any atom is 0.158 e. The molecule has 11 heavy (non-hydrogen) atoms. The Hall–Kier alpha value is -0.920. The summed E-state index contributed by atoms with van der Waals surface area (Å²) in [5.74, 6) is 0.168. The van der Waals surface area contributed by atoms with Crippen LogP contribution in [0.4, 0.5) is 0 Å². The first kappa shape index (κ1) is 10.1. The van der Waals surface area contributed by atoms with E-state index < -0.39 is 0 Å². The van der Waals surface area contributed by atoms with E-state index in [1.54, 1.807) is 6.92 Å². The van der Waals surface area contributed by atoms with E-state index in [-0.39, 0.29) is 11.6 Å². The van der Waals surface area contributed by atoms with Gasteiger partial charge < -0.3 is 4.79 Å². The van der Waals surface area contributed by atoms with Crippen molar-refractivity contribution in [2.24, 2.45) is 0 Å². The van der Waals surface area contributed by atoms with E-state index in [9.17, 15) is 9.59 Å². The largest absolute Gasteiger partial charge is 0.300 e. The fourth-order valence-electron chi connectivity index (χ4n) is 0.716. The molecule has 0 radical (unpaired) electrons. The number of carbonyl (C=O) groups is 2. The van der Waals surface area contributed by atoms with Crippen molar-refractivity contribution < 1.29 is 9.59 Å². The van der Waals surface area contributed by atoms with E-state index in [4.69, 9.17) is 0 Å². The van der Waals surface area contributed by atoms with Gasteiger partial charge in [-0.3, -0.25) is 4.79 Å². The summed E-state index contributed by atoms with van der Waals surface area (Å²) < 4.78 is 0. The Bertz CT molecular complexity index is 180. The second-order valence-electron chi connectivity index (χ2n) is 2.58. The van der Waals surface area contributed by atoms with Crippen molar-refractivity contribution in [1.82, 2.24) is 0 Å². The molecule has 0 bridgehead atoms. The summed E-state index contributed by atoms with van der Waals surface area (Å²) in [6.07, 6.45) is 1.43. The predicted molar refractivity (Wildman–Crippen MR) is 44.4 cm³/mol. The Balaban J connectivity index is 3.70. The van der Waals surface area contributed by atoms with Gasteiger partial charge in [0.05, 0.1) is 0 Å². The topological polar surface area (TPSA) is 34.1 Å². The van der Waals surface area contributed by atoms with Gasteiger partial charge in [-0.25, -0.2) is 0 Å². The zero-order valence-electron chi connectivity index (χ0n) is 7.14. The molecule has 0 aromatic rings. The highest BCUT2D eigenvalue weighted by molar-refractivity contribution is 5.95. The Labute approximate surface area is 67.3 Å². The summed E-state index contributed by atoms with van der Waals surface area (Å²) in [5.41, 5.74) is 0.572. The van der Waals surface area contributed by atoms with Crippen LogP contribution in [0.15, 0.2) is 12.2 Å². The molecule has 0 spiro atoms. The van der Waals surface area contributed by atoms with Crippen molar-refractivity contribution in [2.75, 3.05) is 0 Å². The van der Waals surface area contributed by atoms with Crippen molar-refractivity contribution in [1.29, 1.82) is 0 Å². The third kappa shape index (κ3) is 4.48. The highest BCUT2D eigenvalue weighted by atomic mass is 16.1. The van der Waals surface area contributed by atoms with Crippen molar-refractivity contribution in [3.8, 4) is 0 Å². The molecule has 0 amide bonds. The molecule has 0 atom stereocenters. The summed E-state index contributed by atoms with van der Waals surface area (Å²) >= 11 is 0. The van der Waals surface area contributed by atoms with E-state index >= 15 is 0 Å². The lowest BCUT2D eigenvalue weighted by Gasteiger charge is -1.99. The van der Waals surface area contributed by atoms with Gasteiger partial charge in [0.25, 0.3) is 0 Å². The monoisotopic (exact) mass is 154 g/mol. The normalized spacial score (nSPS) is 9.27. The smallest absolute Gasteiger partial charge is 0.158 e. The summed E-state index contributed by atoms with van der Waals surface area (Å²) in [7, 11) is 0. The molecule has 0 unspecified atom stereocenters. The van der Waals surface area contributed by atoms with Crippen molar-refractivity contribution in [2.45, 2.75) is 33.1 Å². The molecule has 0 aromatic heterocycles. The molecule has 0 saturated carbocycles. The Morgan fingerprint density at radius 1 is 1.27 bits per heavy atom. The number of carbonyl (C=O) groups excluding carboxylic acids is 2. The van der Waals surface area contributed by atoms with Crippen LogP contribution in [-0.2, 0) is 9.59 Å². The average molecular weight is 154 g/mol. The van der Waals surface area contributed by atoms with Crippen molar-refractivity contribution >= 4 is 11.6 Å². The summed E-state index contributed by atoms with van der Waals surface area (Å²) in [4.78, 5) is 21.4. The molecule has 62 valence electrons. The molecule has 0 aliphatic heterocycles. The second-order valence-corrected chi connectivity index (χ2v) is 2.58. The van der Waals surface area contributed by atoms with Crippen LogP contribution in [0.3, 0.4) is 0 Å². The van der Waals surface area contributed by atoms with Crippen LogP contribution in [0, 0.1) is 0 Å². The lowest BCUT2D eigenvalue weighted by atomic mass is 10.0. The zero-order valence-corrected chi connectivity index (χ0v) is 7.14. The lowest BCUT2D eigenvalue weighted by Crippen LogP contribution is -2.01. The van der Waals surface area contributed by atoms with Gasteiger partial charge in [0.15, 0.2) is 5.78 Å². The maximum atomic E-state index is 10.9. The van der Waals surface area contributed by atoms with E-state index in [1.807, 2.05) is 0 Å². The predicted octanol–water partition coefficient (Wildman–Crippen LogP) is 1.89. The first-order valence-corrected chi connectivity index (χ1v) is 3.78. The van der Waals surface area contributed by atoms with Gasteiger partial charge in [0, 0.05) is 12.8 Å². The third-order valence-corrected chi connectivity index (χ3v) is 1.49. The maximum absolute atomic E-state index is 10.9. The number of Topliss-reactive ketones (excluding diaryl/α,β-unsaturated/α-hetero) is 2. The van der Waals surface area contributed by atoms with Gasteiger partial charge >= 0.3 is 0 Å². The second kappa shape index (κ2) is 4.83. The minimum Gasteiger partial charge on any atom is -0.300 e. The average Bonchev–Trinajstić information content (AvgIpc) is 1.98. The molecule has 0 saturated heterocycles. The van der Waals surface area contributed by atoms with Crippen LogP contribution in [0.2, 0.25) is 0 Å². The van der Waals surface area contributed by atoms with Gasteiger partial charge in [-0.1, -0.05) is 13.5 Å². The minimum absolute atomic E-state index is 0.0613. The fraction of sp³-hybridized carbons (Fsp3) is 0.556. The Kier molecular flexibility index (Phi) is 4.42. The summed E-state index contributed by atoms with van der Waals surface area (Å²) in [6.45, 7) is 6.91. The summed E-state index contributed by atoms with van der Waals surface area (Å²) in [5, 5.41) is 0. The first-order valence-electron chi connectivity index (χ1n) is 3.78. The molecule has 2 heteroatoms. The quantitative estimate of drug-likeness (QED) is 0.567. The van der Waals surface area contributed by atoms with Crippen LogP contribution in [0.5, 0.6) is 0 Å². The van der Waals surface area contributed by atoms with Crippen LogP contribution >= 0.6 is 0 Å². The molecule has 0 fully saturated rings. The standard InChI is InChI=1S/C9H14O2/c1-4-9(11)7(2)5-6-8(3)10/h2,4-6H2,1,3H3. The molecular formula is C9H14O2. The van der Waals surface area contributed by atoms with Gasteiger partial charge in [0.2, 0.25) is 0 Å². The molecule has 2 nitrogen and oxygen atoms in total. The van der Waals surface area contributed by atoms with Gasteiger partial charge in [-0.15, -0.1) is 0 Å². The van der Waals surface area contributed by atoms with Crippen LogP contribution in [0.1, 0.15) is 33.1 Å². The SMILES string of the molecule is C=C(CCC(C)=O)C(=O)CC. The van der Waals surface area contributed by atoms with Crippen molar-refractivity contribution in [3.63, 3.8) is 0 Å². The van der Waals surface area contributed by atoms with E-state index in [1.165, 1.54) is 6.92 Å². The molecule has 0 heterocycles. The molecular weight excluding hydrogens is 140 g/mol. The number of hydrogen-bond acceptors (Lipinski definition) is 2. The molecule has 0 aliphatic rings. The Morgan fingerprint density at radius 3 is 2.18 bits per heavy atom. The highest BCUT2D eigenvalue weighted by Crippen LogP contribution is 2.05. The Morgan fingerprint density at radius 2 is 1.82 bits per heavy atom. The van der Waals surface area contributed by atoms with E-state index in [0.717, 1.165) is 0 Å². The van der Waals surface area contributed by atoms with Gasteiger partial charge in [0.1, 0.15) is 5.78 Å². The molecule has 0 N–H and O–H groups in total. The van der Waals surface area contributed by atoms with Crippen LogP contribution < -0.4 is 0 Å². The third-order valence-electron chi connectivity index (χ3n) is 1.49. The lowest BCUT2D eigenvalue weighted by molar-refractivity contribution is -0.117. The van der Waals surface area contributed by atoms with Crippen molar-refractivity contribution in [3.05, 3.63) is 12.2 Å². The number of rotatable bonds is 5. The number of allylic oxidation sites excluding steroid dienone is 1. The molecule has 0 aromatic carbocycles. The fourth-order valence-corrected chi connectivity index (χ4v) is 0.716. The highest BCUT2D eigenvalue weighted by Gasteiger charge is 2.04. The van der Waals surface area contributed by atoms with Crippen LogP contribution in [-0.4, -0.2) is 11.6 Å². The zero-order chi connectivity index (χ0) is 8.85. The molecule has 0 rings (SSSR count). The number of ketones is 2. The number of hydrogen-bond donors (Lipinski definition) is 0. The summed E-state index contributed by atoms with van der Waals surface area (Å²) in [6, 6.07) is 0. The first-order chi connectivity index (χ1) is 5.07. The van der Waals surface area contributed by atoms with E-state index in [0.29, 0.717) is 24.8 Å². The van der Waals surface area contributed by atoms with Gasteiger partial charge in [-0.2, -0.15) is 0 Å². The molecule has 0 aliphatic carbocycles.